The van der Waals surface area contributed by atoms with Gasteiger partial charge in [-0.05, 0) is 62.2 Å². The summed E-state index contributed by atoms with van der Waals surface area (Å²) in [6, 6.07) is 5.31. The maximum Gasteiger partial charge on any atom is 0.416 e. The van der Waals surface area contributed by atoms with Crippen LogP contribution in [0.3, 0.4) is 0 Å². The predicted octanol–water partition coefficient (Wildman–Crippen LogP) is 6.05. The van der Waals surface area contributed by atoms with Crippen molar-refractivity contribution in [1.82, 2.24) is 9.80 Å². The van der Waals surface area contributed by atoms with Gasteiger partial charge in [0.25, 0.3) is 5.91 Å². The molecule has 40 heavy (non-hydrogen) atoms. The van der Waals surface area contributed by atoms with Gasteiger partial charge in [0.1, 0.15) is 0 Å². The molecule has 1 fully saturated rings. The Balaban J connectivity index is 1.99. The van der Waals surface area contributed by atoms with Crippen LogP contribution in [0.2, 0.25) is 10.0 Å². The molecule has 0 bridgehead atoms. The Labute approximate surface area is 241 Å². The summed E-state index contributed by atoms with van der Waals surface area (Å²) in [5, 5.41) is 9.31. The van der Waals surface area contributed by atoms with E-state index in [1.54, 1.807) is 11.8 Å². The van der Waals surface area contributed by atoms with Gasteiger partial charge < -0.3 is 14.9 Å². The number of hydrogen-bond donors (Lipinski definition) is 1. The first kappa shape index (κ1) is 32.0. The van der Waals surface area contributed by atoms with Gasteiger partial charge in [0, 0.05) is 48.3 Å². The Hall–Kier alpha value is -2.54. The number of hydrogen-bond acceptors (Lipinski definition) is 5. The lowest BCUT2D eigenvalue weighted by molar-refractivity contribution is -0.138. The number of likely N-dealkylation sites (N-methyl/N-ethyl adjacent to an activating group) is 1. The molecular weight excluding hydrogens is 594 g/mol. The van der Waals surface area contributed by atoms with Crippen molar-refractivity contribution in [1.29, 1.82) is 0 Å². The van der Waals surface area contributed by atoms with Crippen molar-refractivity contribution >= 4 is 50.7 Å². The number of carboxylic acid groups (broad SMARTS) is 1. The van der Waals surface area contributed by atoms with E-state index in [1.807, 2.05) is 0 Å². The lowest BCUT2D eigenvalue weighted by Gasteiger charge is -2.38. The maximum atomic E-state index is 14.2. The first-order valence-corrected chi connectivity index (χ1v) is 14.9. The SMILES string of the molecule is CCN(C(=O)O)[C@H]1CCCN(Cc2c(Cl)cc(C(=O)N(C)c3cc(Cl)ccc3S(=O)(=O)CC)cc2C(F)(F)F)C1. The molecule has 0 radical (unpaired) electrons. The van der Waals surface area contributed by atoms with Crippen LogP contribution >= 0.6 is 23.2 Å². The van der Waals surface area contributed by atoms with E-state index in [1.165, 1.54) is 37.1 Å². The van der Waals surface area contributed by atoms with Crippen molar-refractivity contribution in [3.05, 3.63) is 57.1 Å². The molecule has 8 nitrogen and oxygen atoms in total. The van der Waals surface area contributed by atoms with Crippen LogP contribution in [0.4, 0.5) is 23.7 Å². The number of likely N-dealkylation sites (tertiary alicyclic amines) is 1. The summed E-state index contributed by atoms with van der Waals surface area (Å²) in [5.74, 6) is -1.17. The molecule has 1 aliphatic heterocycles. The number of carbonyl (C=O) groups is 2. The number of alkyl halides is 3. The van der Waals surface area contributed by atoms with Crippen molar-refractivity contribution in [2.75, 3.05) is 37.3 Å². The first-order chi connectivity index (χ1) is 18.6. The number of benzene rings is 2. The van der Waals surface area contributed by atoms with E-state index in [2.05, 4.69) is 0 Å². The van der Waals surface area contributed by atoms with Gasteiger partial charge in [0.15, 0.2) is 9.84 Å². The minimum Gasteiger partial charge on any atom is -0.465 e. The highest BCUT2D eigenvalue weighted by molar-refractivity contribution is 7.91. The zero-order valence-corrected chi connectivity index (χ0v) is 24.5. The van der Waals surface area contributed by atoms with Crippen molar-refractivity contribution in [2.45, 2.75) is 50.3 Å². The number of sulfone groups is 1. The molecule has 2 aromatic rings. The zero-order chi connectivity index (χ0) is 30.0. The highest BCUT2D eigenvalue weighted by Crippen LogP contribution is 2.38. The second-order valence-electron chi connectivity index (χ2n) is 9.46. The van der Waals surface area contributed by atoms with E-state index in [0.29, 0.717) is 25.5 Å². The monoisotopic (exact) mass is 623 g/mol. The minimum absolute atomic E-state index is 0.0774. The normalized spacial score (nSPS) is 16.6. The van der Waals surface area contributed by atoms with E-state index in [0.717, 1.165) is 11.0 Å². The summed E-state index contributed by atoms with van der Waals surface area (Å²) in [6.45, 7) is 3.87. The molecule has 1 saturated heterocycles. The van der Waals surface area contributed by atoms with Gasteiger partial charge in [-0.15, -0.1) is 0 Å². The molecule has 0 saturated carbocycles. The van der Waals surface area contributed by atoms with Crippen LogP contribution in [0, 0.1) is 0 Å². The fourth-order valence-electron chi connectivity index (χ4n) is 4.85. The summed E-state index contributed by atoms with van der Waals surface area (Å²) in [4.78, 5) is 28.7. The number of nitrogens with zero attached hydrogens (tertiary/aromatic N) is 3. The van der Waals surface area contributed by atoms with E-state index in [-0.39, 0.29) is 63.2 Å². The zero-order valence-electron chi connectivity index (χ0n) is 22.1. The van der Waals surface area contributed by atoms with Crippen LogP contribution in [0.5, 0.6) is 0 Å². The predicted molar refractivity (Wildman–Crippen MR) is 147 cm³/mol. The van der Waals surface area contributed by atoms with Crippen molar-refractivity contribution in [3.63, 3.8) is 0 Å². The van der Waals surface area contributed by atoms with Crippen molar-refractivity contribution in [2.24, 2.45) is 0 Å². The maximum absolute atomic E-state index is 14.2. The van der Waals surface area contributed by atoms with Crippen LogP contribution in [0.15, 0.2) is 35.2 Å². The van der Waals surface area contributed by atoms with Crippen LogP contribution in [0.25, 0.3) is 0 Å². The van der Waals surface area contributed by atoms with E-state index in [4.69, 9.17) is 23.2 Å². The Morgan fingerprint density at radius 3 is 2.40 bits per heavy atom. The molecule has 0 spiro atoms. The molecule has 1 aliphatic rings. The quantitative estimate of drug-likeness (QED) is 0.385. The number of amides is 2. The van der Waals surface area contributed by atoms with Crippen molar-refractivity contribution in [3.8, 4) is 0 Å². The standard InChI is InChI=1S/C26H30Cl2F3N3O5S/c1-4-34(25(36)37)18-7-6-10-33(14-18)15-19-20(26(29,30)31)11-16(12-21(19)28)24(35)32(3)22-13-17(27)8-9-23(22)40(38,39)5-2/h8-9,11-13,18H,4-7,10,14-15H2,1-3H3,(H,36,37)/t18-/m0/s1. The summed E-state index contributed by atoms with van der Waals surface area (Å²) >= 11 is 12.4. The molecule has 3 rings (SSSR count). The molecular formula is C26H30Cl2F3N3O5S. The first-order valence-electron chi connectivity index (χ1n) is 12.5. The second-order valence-corrected chi connectivity index (χ2v) is 12.6. The van der Waals surface area contributed by atoms with Gasteiger partial charge in [-0.3, -0.25) is 9.69 Å². The summed E-state index contributed by atoms with van der Waals surface area (Å²) < 4.78 is 68.0. The smallest absolute Gasteiger partial charge is 0.416 e. The molecule has 0 unspecified atom stereocenters. The number of rotatable bonds is 8. The fourth-order valence-corrected chi connectivity index (χ4v) is 6.40. The lowest BCUT2D eigenvalue weighted by atomic mass is 9.99. The minimum atomic E-state index is -4.85. The number of carbonyl (C=O) groups excluding carboxylic acids is 1. The molecule has 1 heterocycles. The van der Waals surface area contributed by atoms with Crippen LogP contribution in [-0.2, 0) is 22.6 Å². The molecule has 220 valence electrons. The third-order valence-corrected chi connectivity index (χ3v) is 9.29. The Morgan fingerprint density at radius 1 is 1.15 bits per heavy atom. The highest BCUT2D eigenvalue weighted by atomic mass is 35.5. The molecule has 2 amide bonds. The lowest BCUT2D eigenvalue weighted by Crippen LogP contribution is -2.49. The van der Waals surface area contributed by atoms with Gasteiger partial charge in [0.05, 0.1) is 21.9 Å². The Morgan fingerprint density at radius 2 is 1.82 bits per heavy atom. The van der Waals surface area contributed by atoms with Crippen LogP contribution < -0.4 is 4.90 Å². The number of piperidine rings is 1. The van der Waals surface area contributed by atoms with E-state index < -0.39 is 33.6 Å². The number of anilines is 1. The third kappa shape index (κ3) is 7.02. The largest absolute Gasteiger partial charge is 0.465 e. The van der Waals surface area contributed by atoms with Gasteiger partial charge in [0.2, 0.25) is 0 Å². The van der Waals surface area contributed by atoms with Gasteiger partial charge in [-0.2, -0.15) is 13.2 Å². The Kier molecular flexibility index (Phi) is 10.0. The average molecular weight is 625 g/mol. The van der Waals surface area contributed by atoms with E-state index in [9.17, 15) is 36.3 Å². The molecule has 1 N–H and O–H groups in total. The summed E-state index contributed by atoms with van der Waals surface area (Å²) in [7, 11) is -2.55. The average Bonchev–Trinajstić information content (AvgIpc) is 2.88. The summed E-state index contributed by atoms with van der Waals surface area (Å²) in [5.41, 5.74) is -1.80. The van der Waals surface area contributed by atoms with Crippen LogP contribution in [0.1, 0.15) is 48.2 Å². The number of halogens is 5. The molecule has 2 aromatic carbocycles. The highest BCUT2D eigenvalue weighted by Gasteiger charge is 2.37. The molecule has 0 aliphatic carbocycles. The van der Waals surface area contributed by atoms with Gasteiger partial charge in [-0.1, -0.05) is 30.1 Å². The molecule has 0 aromatic heterocycles. The van der Waals surface area contributed by atoms with E-state index >= 15 is 0 Å². The topological polar surface area (TPSA) is 98.2 Å². The second kappa shape index (κ2) is 12.5. The van der Waals surface area contributed by atoms with Crippen LogP contribution in [-0.4, -0.2) is 73.8 Å². The summed E-state index contributed by atoms with van der Waals surface area (Å²) in [6.07, 6.45) is -4.76. The van der Waals surface area contributed by atoms with Gasteiger partial charge >= 0.3 is 12.3 Å². The van der Waals surface area contributed by atoms with Gasteiger partial charge in [-0.25, -0.2) is 13.2 Å². The third-order valence-electron chi connectivity index (χ3n) is 6.94. The van der Waals surface area contributed by atoms with Crippen molar-refractivity contribution < 1.29 is 36.3 Å². The molecule has 1 atom stereocenters. The molecule has 14 heteroatoms. The fraction of sp³-hybridized carbons (Fsp3) is 0.462. The Bertz CT molecular complexity index is 1390.